The molecule has 1 heterocycles. The number of rotatable bonds is 5. The van der Waals surface area contributed by atoms with Crippen molar-refractivity contribution < 1.29 is 22.7 Å². The summed E-state index contributed by atoms with van der Waals surface area (Å²) in [4.78, 5) is 24.7. The Balaban J connectivity index is 0.00000364. The fourth-order valence-electron chi connectivity index (χ4n) is 3.19. The molecule has 1 aliphatic heterocycles. The smallest absolute Gasteiger partial charge is 0.315 e. The summed E-state index contributed by atoms with van der Waals surface area (Å²) in [7, 11) is -2.23. The molecule has 1 saturated heterocycles. The van der Waals surface area contributed by atoms with Gasteiger partial charge in [0.2, 0.25) is 5.91 Å². The topological polar surface area (TPSA) is 102 Å². The molecule has 1 fully saturated rings. The number of benzene rings is 1. The minimum absolute atomic E-state index is 0. The van der Waals surface area contributed by atoms with Crippen LogP contribution in [0.3, 0.4) is 0 Å². The minimum Gasteiger partial charge on any atom is -0.468 e. The highest BCUT2D eigenvalue weighted by molar-refractivity contribution is 7.92. The van der Waals surface area contributed by atoms with Gasteiger partial charge in [-0.1, -0.05) is 12.1 Å². The van der Waals surface area contributed by atoms with Gasteiger partial charge in [-0.15, -0.1) is 12.4 Å². The van der Waals surface area contributed by atoms with Crippen molar-refractivity contribution >= 4 is 39.8 Å². The van der Waals surface area contributed by atoms with Crippen LogP contribution in [0.4, 0.5) is 5.69 Å². The zero-order valence-corrected chi connectivity index (χ0v) is 17.6. The second-order valence-electron chi connectivity index (χ2n) is 7.16. The van der Waals surface area contributed by atoms with E-state index >= 15 is 0 Å². The van der Waals surface area contributed by atoms with E-state index in [1.165, 1.54) is 7.11 Å². The summed E-state index contributed by atoms with van der Waals surface area (Å²) in [6.45, 7) is 4.46. The van der Waals surface area contributed by atoms with Gasteiger partial charge in [0, 0.05) is 11.9 Å². The van der Waals surface area contributed by atoms with Gasteiger partial charge in [-0.05, 0) is 57.5 Å². The average molecular weight is 419 g/mol. The first-order valence-electron chi connectivity index (χ1n) is 8.45. The highest BCUT2D eigenvalue weighted by atomic mass is 35.5. The van der Waals surface area contributed by atoms with Crippen LogP contribution < -0.4 is 10.6 Å². The number of hydrogen-bond acceptors (Lipinski definition) is 6. The molecule has 1 aliphatic rings. The van der Waals surface area contributed by atoms with Crippen molar-refractivity contribution in [3.05, 3.63) is 29.8 Å². The van der Waals surface area contributed by atoms with Gasteiger partial charge in [0.25, 0.3) is 0 Å². The van der Waals surface area contributed by atoms with E-state index in [2.05, 4.69) is 10.6 Å². The Hall–Kier alpha value is -1.64. The number of ether oxygens (including phenoxy) is 1. The van der Waals surface area contributed by atoms with Crippen LogP contribution in [0.25, 0.3) is 0 Å². The Morgan fingerprint density at radius 2 is 1.67 bits per heavy atom. The third kappa shape index (κ3) is 4.62. The maximum absolute atomic E-state index is 12.8. The van der Waals surface area contributed by atoms with E-state index in [0.29, 0.717) is 18.8 Å². The molecule has 0 aromatic heterocycles. The second-order valence-corrected chi connectivity index (χ2v) is 9.49. The Labute approximate surface area is 166 Å². The summed E-state index contributed by atoms with van der Waals surface area (Å²) in [5.41, 5.74) is 0.406. The lowest BCUT2D eigenvalue weighted by Crippen LogP contribution is -2.55. The molecular formula is C18H27ClN2O5S. The van der Waals surface area contributed by atoms with E-state index in [1.807, 2.05) is 0 Å². The minimum atomic E-state index is -3.57. The third-order valence-corrected chi connectivity index (χ3v) is 7.11. The molecule has 0 aliphatic carbocycles. The second kappa shape index (κ2) is 8.58. The molecule has 0 bridgehead atoms. The number of nitrogens with one attached hydrogen (secondary N) is 2. The first-order valence-corrected chi connectivity index (χ1v) is 10.3. The number of esters is 1. The first kappa shape index (κ1) is 23.4. The lowest BCUT2D eigenvalue weighted by molar-refractivity contribution is -0.146. The number of amides is 1. The van der Waals surface area contributed by atoms with E-state index < -0.39 is 25.9 Å². The Morgan fingerprint density at radius 1 is 1.15 bits per heavy atom. The molecule has 2 N–H and O–H groups in total. The zero-order chi connectivity index (χ0) is 19.6. The van der Waals surface area contributed by atoms with Gasteiger partial charge in [0.15, 0.2) is 14.6 Å². The van der Waals surface area contributed by atoms with Crippen LogP contribution in [0.5, 0.6) is 0 Å². The molecule has 2 rings (SSSR count). The van der Waals surface area contributed by atoms with E-state index in [-0.39, 0.29) is 31.2 Å². The van der Waals surface area contributed by atoms with E-state index in [4.69, 9.17) is 4.74 Å². The molecule has 0 radical (unpaired) electrons. The maximum atomic E-state index is 12.8. The summed E-state index contributed by atoms with van der Waals surface area (Å²) in [6, 6.07) is 6.77. The number of methoxy groups -OCH3 is 1. The molecule has 0 saturated carbocycles. The molecule has 0 unspecified atom stereocenters. The number of anilines is 1. The number of halogens is 1. The van der Waals surface area contributed by atoms with Crippen LogP contribution in [-0.2, 0) is 29.6 Å². The van der Waals surface area contributed by atoms with Gasteiger partial charge in [-0.25, -0.2) is 8.42 Å². The van der Waals surface area contributed by atoms with Crippen molar-refractivity contribution in [3.8, 4) is 0 Å². The highest BCUT2D eigenvalue weighted by Crippen LogP contribution is 2.30. The number of carbonyl (C=O) groups is 2. The van der Waals surface area contributed by atoms with Gasteiger partial charge in [0.1, 0.15) is 0 Å². The first-order chi connectivity index (χ1) is 12.0. The van der Waals surface area contributed by atoms with Crippen LogP contribution in [-0.4, -0.2) is 51.5 Å². The Morgan fingerprint density at radius 3 is 2.11 bits per heavy atom. The highest BCUT2D eigenvalue weighted by Gasteiger charge is 2.48. The van der Waals surface area contributed by atoms with Crippen molar-refractivity contribution in [3.63, 3.8) is 0 Å². The number of sulfone groups is 1. The van der Waals surface area contributed by atoms with Gasteiger partial charge >= 0.3 is 5.97 Å². The number of carbonyl (C=O) groups excluding carboxylic acids is 2. The van der Waals surface area contributed by atoms with Crippen molar-refractivity contribution in [2.24, 2.45) is 0 Å². The predicted octanol–water partition coefficient (Wildman–Crippen LogP) is 1.66. The van der Waals surface area contributed by atoms with Crippen molar-refractivity contribution in [1.29, 1.82) is 0 Å². The van der Waals surface area contributed by atoms with E-state index in [0.717, 1.165) is 11.8 Å². The van der Waals surface area contributed by atoms with Crippen LogP contribution in [0.1, 0.15) is 32.3 Å². The molecule has 0 atom stereocenters. The largest absolute Gasteiger partial charge is 0.468 e. The normalized spacial score (nSPS) is 16.7. The average Bonchev–Trinajstić information content (AvgIpc) is 2.61. The van der Waals surface area contributed by atoms with Crippen molar-refractivity contribution in [2.45, 2.75) is 36.9 Å². The van der Waals surface area contributed by atoms with Crippen LogP contribution in [0, 0.1) is 0 Å². The Kier molecular flexibility index (Phi) is 7.44. The van der Waals surface area contributed by atoms with Gasteiger partial charge in [0.05, 0.1) is 12.5 Å². The summed E-state index contributed by atoms with van der Waals surface area (Å²) in [6.07, 6.45) is 1.59. The van der Waals surface area contributed by atoms with Gasteiger partial charge in [-0.2, -0.15) is 0 Å². The summed E-state index contributed by atoms with van der Waals surface area (Å²) in [5.74, 6) is -0.874. The lowest BCUT2D eigenvalue weighted by atomic mass is 9.84. The quantitative estimate of drug-likeness (QED) is 0.705. The SMILES string of the molecule is COC(=O)C(C)(C)c1ccc(NC(=O)C2(S(C)(=O)=O)CCNCC2)cc1.Cl. The van der Waals surface area contributed by atoms with Crippen molar-refractivity contribution in [1.82, 2.24) is 5.32 Å². The van der Waals surface area contributed by atoms with Crippen LogP contribution >= 0.6 is 12.4 Å². The van der Waals surface area contributed by atoms with Gasteiger partial charge in [-0.3, -0.25) is 9.59 Å². The summed E-state index contributed by atoms with van der Waals surface area (Å²) >= 11 is 0. The van der Waals surface area contributed by atoms with Crippen molar-refractivity contribution in [2.75, 3.05) is 31.8 Å². The Bertz CT molecular complexity index is 784. The maximum Gasteiger partial charge on any atom is 0.315 e. The molecule has 1 aromatic rings. The summed E-state index contributed by atoms with van der Waals surface area (Å²) in [5, 5.41) is 5.80. The molecular weight excluding hydrogens is 392 g/mol. The van der Waals surface area contributed by atoms with E-state index in [1.54, 1.807) is 38.1 Å². The van der Waals surface area contributed by atoms with E-state index in [9.17, 15) is 18.0 Å². The zero-order valence-electron chi connectivity index (χ0n) is 16.0. The molecule has 0 spiro atoms. The number of hydrogen-bond donors (Lipinski definition) is 2. The molecule has 27 heavy (non-hydrogen) atoms. The van der Waals surface area contributed by atoms with Crippen LogP contribution in [0.2, 0.25) is 0 Å². The molecule has 1 amide bonds. The van der Waals surface area contributed by atoms with Crippen LogP contribution in [0.15, 0.2) is 24.3 Å². The predicted molar refractivity (Wildman–Crippen MR) is 107 cm³/mol. The molecule has 152 valence electrons. The van der Waals surface area contributed by atoms with Gasteiger partial charge < -0.3 is 15.4 Å². The molecule has 1 aromatic carbocycles. The monoisotopic (exact) mass is 418 g/mol. The summed E-state index contributed by atoms with van der Waals surface area (Å²) < 4.78 is 28.0. The number of piperidine rings is 1. The fraction of sp³-hybridized carbons (Fsp3) is 0.556. The molecule has 9 heteroatoms. The lowest BCUT2D eigenvalue weighted by Gasteiger charge is -2.34. The molecule has 7 nitrogen and oxygen atoms in total. The third-order valence-electron chi connectivity index (χ3n) is 5.09. The fourth-order valence-corrected chi connectivity index (χ4v) is 4.52. The standard InChI is InChI=1S/C18H26N2O5S.ClH/c1-17(2,16(22)25-3)13-5-7-14(8-6-13)20-15(21)18(26(4,23)24)9-11-19-12-10-18;/h5-8,19H,9-12H2,1-4H3,(H,20,21);1H.